The van der Waals surface area contributed by atoms with Gasteiger partial charge in [0.2, 0.25) is 0 Å². The molecule has 1 aliphatic rings. The molecule has 0 saturated carbocycles. The first kappa shape index (κ1) is 14.6. The molecule has 1 N–H and O–H groups in total. The fourth-order valence-corrected chi connectivity index (χ4v) is 3.45. The average molecular weight is 345 g/mol. The Balaban J connectivity index is 2.08. The summed E-state index contributed by atoms with van der Waals surface area (Å²) in [5.74, 6) is 0. The molecule has 0 fully saturated rings. The van der Waals surface area contributed by atoms with Gasteiger partial charge in [-0.15, -0.1) is 0 Å². The Labute approximate surface area is 135 Å². The van der Waals surface area contributed by atoms with Crippen LogP contribution in [-0.4, -0.2) is 13.6 Å². The molecule has 1 aliphatic heterocycles. The van der Waals surface area contributed by atoms with Gasteiger partial charge in [-0.3, -0.25) is 0 Å². The molecule has 2 aromatic rings. The largest absolute Gasteiger partial charge is 0.341 e. The molecule has 0 radical (unpaired) electrons. The Bertz CT molecular complexity index is 652. The fourth-order valence-electron chi connectivity index (χ4n) is 3.10. The van der Waals surface area contributed by atoms with Gasteiger partial charge in [-0.05, 0) is 56.1 Å². The first-order chi connectivity index (χ1) is 10.2. The first-order valence-corrected chi connectivity index (χ1v) is 8.28. The molecule has 3 heteroatoms. The van der Waals surface area contributed by atoms with Crippen molar-refractivity contribution in [2.75, 3.05) is 18.5 Å². The van der Waals surface area contributed by atoms with E-state index in [9.17, 15) is 0 Å². The lowest BCUT2D eigenvalue weighted by Gasteiger charge is -2.33. The van der Waals surface area contributed by atoms with Crippen molar-refractivity contribution in [2.24, 2.45) is 0 Å². The van der Waals surface area contributed by atoms with Crippen molar-refractivity contribution in [3.8, 4) is 0 Å². The number of rotatable bonds is 3. The molecule has 1 heterocycles. The third-order valence-electron chi connectivity index (χ3n) is 4.06. The highest BCUT2D eigenvalue weighted by molar-refractivity contribution is 9.10. The summed E-state index contributed by atoms with van der Waals surface area (Å²) in [7, 11) is 2.00. The summed E-state index contributed by atoms with van der Waals surface area (Å²) in [5.41, 5.74) is 6.83. The Hall–Kier alpha value is -1.32. The number of hydrogen-bond donors (Lipinski definition) is 1. The van der Waals surface area contributed by atoms with Crippen LogP contribution in [0.5, 0.6) is 0 Å². The second-order valence-electron chi connectivity index (χ2n) is 5.69. The van der Waals surface area contributed by atoms with E-state index in [2.05, 4.69) is 69.5 Å². The van der Waals surface area contributed by atoms with Crippen molar-refractivity contribution in [3.05, 3.63) is 57.6 Å². The number of nitrogens with zero attached hydrogens (tertiary/aromatic N) is 1. The van der Waals surface area contributed by atoms with Crippen molar-refractivity contribution in [2.45, 2.75) is 26.3 Å². The standard InChI is InChI=1S/C18H21BrN2/c1-13-5-8-17-14(10-13)4-3-9-21(17)18-11-16(19)7-6-15(18)12-20-2/h5-8,10-11,20H,3-4,9,12H2,1-2H3. The highest BCUT2D eigenvalue weighted by Crippen LogP contribution is 2.37. The highest BCUT2D eigenvalue weighted by atomic mass is 79.9. The van der Waals surface area contributed by atoms with Gasteiger partial charge in [0.05, 0.1) is 0 Å². The van der Waals surface area contributed by atoms with Crippen molar-refractivity contribution >= 4 is 27.3 Å². The van der Waals surface area contributed by atoms with E-state index in [0.717, 1.165) is 17.6 Å². The van der Waals surface area contributed by atoms with Gasteiger partial charge in [0.1, 0.15) is 0 Å². The van der Waals surface area contributed by atoms with Gasteiger partial charge in [0, 0.05) is 28.9 Å². The van der Waals surface area contributed by atoms with Gasteiger partial charge in [0.25, 0.3) is 0 Å². The van der Waals surface area contributed by atoms with Crippen molar-refractivity contribution in [3.63, 3.8) is 0 Å². The Kier molecular flexibility index (Phi) is 4.32. The number of benzene rings is 2. The topological polar surface area (TPSA) is 15.3 Å². The van der Waals surface area contributed by atoms with Crippen LogP contribution in [0, 0.1) is 6.92 Å². The van der Waals surface area contributed by atoms with Gasteiger partial charge in [-0.25, -0.2) is 0 Å². The summed E-state index contributed by atoms with van der Waals surface area (Å²) < 4.78 is 1.14. The number of fused-ring (bicyclic) bond motifs is 1. The fraction of sp³-hybridized carbons (Fsp3) is 0.333. The lowest BCUT2D eigenvalue weighted by atomic mass is 9.98. The SMILES string of the molecule is CNCc1ccc(Br)cc1N1CCCc2cc(C)ccc21. The summed E-state index contributed by atoms with van der Waals surface area (Å²) in [5, 5.41) is 3.27. The minimum absolute atomic E-state index is 0.889. The van der Waals surface area contributed by atoms with E-state index in [-0.39, 0.29) is 0 Å². The molecular weight excluding hydrogens is 324 g/mol. The first-order valence-electron chi connectivity index (χ1n) is 7.49. The molecule has 2 aromatic carbocycles. The summed E-state index contributed by atoms with van der Waals surface area (Å²) in [4.78, 5) is 2.47. The van der Waals surface area contributed by atoms with Crippen LogP contribution in [0.1, 0.15) is 23.1 Å². The molecule has 3 rings (SSSR count). The van der Waals surface area contributed by atoms with E-state index in [1.807, 2.05) is 7.05 Å². The third kappa shape index (κ3) is 2.99. The molecule has 0 aliphatic carbocycles. The molecule has 0 bridgehead atoms. The highest BCUT2D eigenvalue weighted by Gasteiger charge is 2.20. The average Bonchev–Trinajstić information content (AvgIpc) is 2.48. The smallest absolute Gasteiger partial charge is 0.0467 e. The van der Waals surface area contributed by atoms with Gasteiger partial charge < -0.3 is 10.2 Å². The monoisotopic (exact) mass is 344 g/mol. The molecule has 0 amide bonds. The Morgan fingerprint density at radius 3 is 2.81 bits per heavy atom. The maximum Gasteiger partial charge on any atom is 0.0467 e. The number of anilines is 2. The van der Waals surface area contributed by atoms with Crippen molar-refractivity contribution in [1.82, 2.24) is 5.32 Å². The summed E-state index contributed by atoms with van der Waals surface area (Å²) in [6.07, 6.45) is 2.39. The van der Waals surface area contributed by atoms with E-state index in [1.54, 1.807) is 0 Å². The lowest BCUT2D eigenvalue weighted by molar-refractivity contribution is 0.754. The van der Waals surface area contributed by atoms with Gasteiger partial charge in [-0.1, -0.05) is 39.7 Å². The number of halogens is 1. The van der Waals surface area contributed by atoms with Crippen LogP contribution in [0.3, 0.4) is 0 Å². The predicted octanol–water partition coefficient (Wildman–Crippen LogP) is 4.56. The van der Waals surface area contributed by atoms with E-state index in [1.165, 1.54) is 40.9 Å². The molecule has 0 aromatic heterocycles. The van der Waals surface area contributed by atoms with E-state index < -0.39 is 0 Å². The molecular formula is C18H21BrN2. The quantitative estimate of drug-likeness (QED) is 0.877. The van der Waals surface area contributed by atoms with Crippen LogP contribution >= 0.6 is 15.9 Å². The van der Waals surface area contributed by atoms with E-state index in [0.29, 0.717) is 0 Å². The molecule has 0 unspecified atom stereocenters. The summed E-state index contributed by atoms with van der Waals surface area (Å²) >= 11 is 3.62. The number of hydrogen-bond acceptors (Lipinski definition) is 2. The summed E-state index contributed by atoms with van der Waals surface area (Å²) in [6.45, 7) is 4.15. The van der Waals surface area contributed by atoms with Crippen LogP contribution < -0.4 is 10.2 Å². The maximum absolute atomic E-state index is 3.62. The Morgan fingerprint density at radius 1 is 1.14 bits per heavy atom. The minimum Gasteiger partial charge on any atom is -0.341 e. The zero-order valence-corrected chi connectivity index (χ0v) is 14.2. The van der Waals surface area contributed by atoms with Gasteiger partial charge in [-0.2, -0.15) is 0 Å². The van der Waals surface area contributed by atoms with Crippen LogP contribution in [-0.2, 0) is 13.0 Å². The lowest BCUT2D eigenvalue weighted by Crippen LogP contribution is -2.26. The molecule has 0 saturated heterocycles. The molecule has 110 valence electrons. The predicted molar refractivity (Wildman–Crippen MR) is 93.4 cm³/mol. The van der Waals surface area contributed by atoms with Crippen LogP contribution in [0.25, 0.3) is 0 Å². The minimum atomic E-state index is 0.889. The van der Waals surface area contributed by atoms with Gasteiger partial charge in [0.15, 0.2) is 0 Å². The van der Waals surface area contributed by atoms with E-state index >= 15 is 0 Å². The summed E-state index contributed by atoms with van der Waals surface area (Å²) in [6, 6.07) is 13.4. The van der Waals surface area contributed by atoms with Crippen LogP contribution in [0.4, 0.5) is 11.4 Å². The Morgan fingerprint density at radius 2 is 2.00 bits per heavy atom. The maximum atomic E-state index is 3.62. The van der Waals surface area contributed by atoms with Crippen LogP contribution in [0.15, 0.2) is 40.9 Å². The molecule has 2 nitrogen and oxygen atoms in total. The van der Waals surface area contributed by atoms with E-state index in [4.69, 9.17) is 0 Å². The number of aryl methyl sites for hydroxylation is 2. The zero-order valence-electron chi connectivity index (χ0n) is 12.6. The normalized spacial score (nSPS) is 14.1. The number of nitrogens with one attached hydrogen (secondary N) is 1. The second kappa shape index (κ2) is 6.20. The molecule has 21 heavy (non-hydrogen) atoms. The second-order valence-corrected chi connectivity index (χ2v) is 6.61. The molecule has 0 atom stereocenters. The molecule has 0 spiro atoms. The van der Waals surface area contributed by atoms with Gasteiger partial charge >= 0.3 is 0 Å². The third-order valence-corrected chi connectivity index (χ3v) is 4.55. The van der Waals surface area contributed by atoms with Crippen molar-refractivity contribution in [1.29, 1.82) is 0 Å². The van der Waals surface area contributed by atoms with Crippen molar-refractivity contribution < 1.29 is 0 Å². The van der Waals surface area contributed by atoms with Crippen LogP contribution in [0.2, 0.25) is 0 Å². The zero-order chi connectivity index (χ0) is 14.8.